The average molecular weight is 223 g/mol. The number of hydrazine groups is 1. The molecule has 1 aliphatic carbocycles. The van der Waals surface area contributed by atoms with E-state index in [-0.39, 0.29) is 6.04 Å². The molecular weight excluding hydrogens is 202 g/mol. The van der Waals surface area contributed by atoms with Crippen LogP contribution in [0, 0.1) is 11.8 Å². The highest BCUT2D eigenvalue weighted by atomic mass is 15.4. The van der Waals surface area contributed by atoms with E-state index in [1.54, 1.807) is 0 Å². The highest BCUT2D eigenvalue weighted by Crippen LogP contribution is 2.39. The van der Waals surface area contributed by atoms with Crippen molar-refractivity contribution in [3.05, 3.63) is 11.9 Å². The van der Waals surface area contributed by atoms with Gasteiger partial charge in [0.05, 0.1) is 17.9 Å². The lowest BCUT2D eigenvalue weighted by molar-refractivity contribution is 0.342. The molecule has 3 unspecified atom stereocenters. The second kappa shape index (κ2) is 4.93. The molecule has 0 saturated heterocycles. The van der Waals surface area contributed by atoms with Gasteiger partial charge in [-0.3, -0.25) is 16.0 Å². The third-order valence-corrected chi connectivity index (χ3v) is 3.88. The van der Waals surface area contributed by atoms with Gasteiger partial charge in [0.15, 0.2) is 0 Å². The van der Waals surface area contributed by atoms with Crippen molar-refractivity contribution in [3.8, 4) is 0 Å². The van der Waals surface area contributed by atoms with Crippen LogP contribution >= 0.6 is 0 Å². The number of nitrogens with one attached hydrogen (secondary N) is 1. The Bertz CT molecular complexity index is 335. The molecule has 90 valence electrons. The Morgan fingerprint density at radius 2 is 2.44 bits per heavy atom. The van der Waals surface area contributed by atoms with Gasteiger partial charge >= 0.3 is 0 Å². The molecule has 1 aromatic heterocycles. The summed E-state index contributed by atoms with van der Waals surface area (Å²) in [5, 5.41) is 7.89. The van der Waals surface area contributed by atoms with Crippen molar-refractivity contribution in [3.63, 3.8) is 0 Å². The quantitative estimate of drug-likeness (QED) is 0.593. The van der Waals surface area contributed by atoms with Crippen LogP contribution in [-0.4, -0.2) is 15.0 Å². The number of hydrogen-bond acceptors (Lipinski definition) is 4. The standard InChI is InChI=1S/C11H21N5/c1-3-8-4-5-9(6-8)11(14-12)10-7-13-15-16(10)2/h7-9,11,14H,3-6,12H2,1-2H3. The molecule has 0 amide bonds. The number of aromatic nitrogens is 3. The third-order valence-electron chi connectivity index (χ3n) is 3.88. The molecule has 0 bridgehead atoms. The van der Waals surface area contributed by atoms with Gasteiger partial charge in [-0.1, -0.05) is 25.0 Å². The van der Waals surface area contributed by atoms with Crippen molar-refractivity contribution in [1.82, 2.24) is 20.4 Å². The molecule has 1 saturated carbocycles. The lowest BCUT2D eigenvalue weighted by atomic mass is 9.94. The van der Waals surface area contributed by atoms with Crippen molar-refractivity contribution in [2.24, 2.45) is 24.7 Å². The SMILES string of the molecule is CCC1CCC(C(NN)c2cnnn2C)C1. The first-order chi connectivity index (χ1) is 7.76. The van der Waals surface area contributed by atoms with E-state index in [1.807, 2.05) is 17.9 Å². The maximum Gasteiger partial charge on any atom is 0.0769 e. The summed E-state index contributed by atoms with van der Waals surface area (Å²) in [6.07, 6.45) is 6.92. The van der Waals surface area contributed by atoms with Crippen LogP contribution in [0.15, 0.2) is 6.20 Å². The van der Waals surface area contributed by atoms with Gasteiger partial charge in [0.1, 0.15) is 0 Å². The summed E-state index contributed by atoms with van der Waals surface area (Å²) in [5.74, 6) is 7.16. The van der Waals surface area contributed by atoms with E-state index in [9.17, 15) is 0 Å². The van der Waals surface area contributed by atoms with E-state index >= 15 is 0 Å². The predicted octanol–water partition coefficient (Wildman–Crippen LogP) is 1.15. The van der Waals surface area contributed by atoms with Gasteiger partial charge in [0, 0.05) is 7.05 Å². The van der Waals surface area contributed by atoms with E-state index in [4.69, 9.17) is 5.84 Å². The smallest absolute Gasteiger partial charge is 0.0769 e. The van der Waals surface area contributed by atoms with Crippen molar-refractivity contribution in [2.45, 2.75) is 38.6 Å². The van der Waals surface area contributed by atoms with Gasteiger partial charge < -0.3 is 0 Å². The number of hydrogen-bond donors (Lipinski definition) is 2. The minimum absolute atomic E-state index is 0.191. The van der Waals surface area contributed by atoms with Gasteiger partial charge in [-0.2, -0.15) is 0 Å². The molecular formula is C11H21N5. The lowest BCUT2D eigenvalue weighted by Gasteiger charge is -2.22. The van der Waals surface area contributed by atoms with Gasteiger partial charge in [-0.05, 0) is 24.7 Å². The number of nitrogens with two attached hydrogens (primary N) is 1. The summed E-state index contributed by atoms with van der Waals surface area (Å²) in [5.41, 5.74) is 4.02. The predicted molar refractivity (Wildman–Crippen MR) is 62.2 cm³/mol. The van der Waals surface area contributed by atoms with Crippen LogP contribution in [0.3, 0.4) is 0 Å². The largest absolute Gasteiger partial charge is 0.271 e. The Balaban J connectivity index is 2.09. The van der Waals surface area contributed by atoms with Gasteiger partial charge in [-0.25, -0.2) is 0 Å². The molecule has 1 aromatic rings. The fraction of sp³-hybridized carbons (Fsp3) is 0.818. The Hall–Kier alpha value is -0.940. The number of aryl methyl sites for hydroxylation is 1. The van der Waals surface area contributed by atoms with E-state index in [2.05, 4.69) is 22.7 Å². The number of rotatable bonds is 4. The van der Waals surface area contributed by atoms with E-state index in [0.717, 1.165) is 11.6 Å². The second-order valence-electron chi connectivity index (χ2n) is 4.77. The maximum absolute atomic E-state index is 5.68. The minimum Gasteiger partial charge on any atom is -0.271 e. The zero-order chi connectivity index (χ0) is 11.5. The molecule has 0 spiro atoms. The normalized spacial score (nSPS) is 27.2. The molecule has 1 heterocycles. The zero-order valence-corrected chi connectivity index (χ0v) is 10.1. The van der Waals surface area contributed by atoms with Crippen LogP contribution in [0.1, 0.15) is 44.3 Å². The van der Waals surface area contributed by atoms with Crippen molar-refractivity contribution < 1.29 is 0 Å². The molecule has 1 fully saturated rings. The molecule has 2 rings (SSSR count). The second-order valence-corrected chi connectivity index (χ2v) is 4.77. The molecule has 1 aliphatic rings. The molecule has 0 aliphatic heterocycles. The van der Waals surface area contributed by atoms with Crippen molar-refractivity contribution >= 4 is 0 Å². The fourth-order valence-corrected chi connectivity index (χ4v) is 2.83. The molecule has 0 aromatic carbocycles. The summed E-state index contributed by atoms with van der Waals surface area (Å²) in [7, 11) is 1.92. The molecule has 0 radical (unpaired) electrons. The van der Waals surface area contributed by atoms with Crippen LogP contribution in [0.4, 0.5) is 0 Å². The van der Waals surface area contributed by atoms with Crippen LogP contribution in [-0.2, 0) is 7.05 Å². The zero-order valence-electron chi connectivity index (χ0n) is 10.1. The van der Waals surface area contributed by atoms with E-state index < -0.39 is 0 Å². The first kappa shape index (κ1) is 11.5. The van der Waals surface area contributed by atoms with Gasteiger partial charge in [-0.15, -0.1) is 5.10 Å². The van der Waals surface area contributed by atoms with Crippen LogP contribution in [0.2, 0.25) is 0 Å². The molecule has 5 nitrogen and oxygen atoms in total. The maximum atomic E-state index is 5.68. The fourth-order valence-electron chi connectivity index (χ4n) is 2.83. The first-order valence-corrected chi connectivity index (χ1v) is 6.07. The lowest BCUT2D eigenvalue weighted by Crippen LogP contribution is -2.34. The highest BCUT2D eigenvalue weighted by Gasteiger charge is 2.31. The Labute approximate surface area is 96.4 Å². The average Bonchev–Trinajstić information content (AvgIpc) is 2.90. The molecule has 16 heavy (non-hydrogen) atoms. The molecule has 5 heteroatoms. The molecule has 3 N–H and O–H groups in total. The van der Waals surface area contributed by atoms with Gasteiger partial charge in [0.2, 0.25) is 0 Å². The van der Waals surface area contributed by atoms with Crippen LogP contribution in [0.5, 0.6) is 0 Å². The summed E-state index contributed by atoms with van der Waals surface area (Å²) >= 11 is 0. The monoisotopic (exact) mass is 223 g/mol. The van der Waals surface area contributed by atoms with Crippen molar-refractivity contribution in [1.29, 1.82) is 0 Å². The van der Waals surface area contributed by atoms with E-state index in [0.29, 0.717) is 5.92 Å². The summed E-state index contributed by atoms with van der Waals surface area (Å²) in [6.45, 7) is 2.27. The van der Waals surface area contributed by atoms with Gasteiger partial charge in [0.25, 0.3) is 0 Å². The van der Waals surface area contributed by atoms with Crippen LogP contribution in [0.25, 0.3) is 0 Å². The Morgan fingerprint density at radius 1 is 1.62 bits per heavy atom. The summed E-state index contributed by atoms with van der Waals surface area (Å²) < 4.78 is 1.81. The van der Waals surface area contributed by atoms with Crippen molar-refractivity contribution in [2.75, 3.05) is 0 Å². The Kier molecular flexibility index (Phi) is 3.56. The summed E-state index contributed by atoms with van der Waals surface area (Å²) in [6, 6.07) is 0.191. The van der Waals surface area contributed by atoms with E-state index in [1.165, 1.54) is 25.7 Å². The molecule has 3 atom stereocenters. The topological polar surface area (TPSA) is 68.8 Å². The highest BCUT2D eigenvalue weighted by molar-refractivity contribution is 5.04. The summed E-state index contributed by atoms with van der Waals surface area (Å²) in [4.78, 5) is 0. The first-order valence-electron chi connectivity index (χ1n) is 6.07. The van der Waals surface area contributed by atoms with Crippen LogP contribution < -0.4 is 11.3 Å². The number of nitrogens with zero attached hydrogens (tertiary/aromatic N) is 3. The Morgan fingerprint density at radius 3 is 2.94 bits per heavy atom. The minimum atomic E-state index is 0.191. The third kappa shape index (κ3) is 2.10.